The van der Waals surface area contributed by atoms with Crippen LogP contribution < -0.4 is 5.32 Å². The lowest BCUT2D eigenvalue weighted by atomic mass is 10.1. The Hall–Kier alpha value is -2.89. The van der Waals surface area contributed by atoms with E-state index in [9.17, 15) is 4.79 Å². The monoisotopic (exact) mass is 323 g/mol. The molecule has 124 valence electrons. The van der Waals surface area contributed by atoms with E-state index in [1.807, 2.05) is 54.3 Å². The lowest BCUT2D eigenvalue weighted by Gasteiger charge is -2.19. The molecule has 2 aromatic heterocycles. The van der Waals surface area contributed by atoms with Crippen molar-refractivity contribution >= 4 is 5.91 Å². The molecule has 0 aliphatic carbocycles. The van der Waals surface area contributed by atoms with Gasteiger partial charge in [-0.25, -0.2) is 4.98 Å². The third kappa shape index (κ3) is 3.90. The van der Waals surface area contributed by atoms with Crippen molar-refractivity contribution in [2.75, 3.05) is 0 Å². The maximum Gasteiger partial charge on any atom is 0.220 e. The minimum absolute atomic E-state index is 0.0235. The summed E-state index contributed by atoms with van der Waals surface area (Å²) in [5, 5.41) is 9.81. The zero-order chi connectivity index (χ0) is 16.8. The number of imidazole rings is 1. The molecule has 6 nitrogen and oxygen atoms in total. The van der Waals surface area contributed by atoms with E-state index in [4.69, 9.17) is 0 Å². The molecule has 0 saturated carbocycles. The van der Waals surface area contributed by atoms with Crippen molar-refractivity contribution in [3.8, 4) is 0 Å². The van der Waals surface area contributed by atoms with Crippen LogP contribution in [-0.4, -0.2) is 25.7 Å². The lowest BCUT2D eigenvalue weighted by molar-refractivity contribution is -0.121. The Kier molecular flexibility index (Phi) is 5.05. The van der Waals surface area contributed by atoms with Crippen LogP contribution in [0.15, 0.2) is 55.1 Å². The molecular formula is C18H21N5O. The maximum absolute atomic E-state index is 12.4. The summed E-state index contributed by atoms with van der Waals surface area (Å²) in [6, 6.07) is 9.67. The molecule has 0 saturated heterocycles. The highest BCUT2D eigenvalue weighted by molar-refractivity contribution is 5.76. The van der Waals surface area contributed by atoms with Gasteiger partial charge in [0.2, 0.25) is 5.91 Å². The molecule has 0 aliphatic heterocycles. The van der Waals surface area contributed by atoms with Crippen LogP contribution in [0.25, 0.3) is 0 Å². The van der Waals surface area contributed by atoms with Crippen LogP contribution in [0.4, 0.5) is 0 Å². The van der Waals surface area contributed by atoms with Gasteiger partial charge >= 0.3 is 0 Å². The van der Waals surface area contributed by atoms with Crippen molar-refractivity contribution in [1.82, 2.24) is 25.1 Å². The van der Waals surface area contributed by atoms with Crippen LogP contribution in [0.1, 0.15) is 35.8 Å². The minimum atomic E-state index is -0.243. The van der Waals surface area contributed by atoms with E-state index >= 15 is 0 Å². The molecular weight excluding hydrogens is 302 g/mol. The standard InChI is InChI=1S/C18H21N5O/c1-23-11-10-19-18(23)17(15-7-3-2-4-8-15)22-16(24)9-5-6-14-12-20-21-13-14/h2-4,7-8,10-13,17H,5-6,9H2,1H3,(H,20,21)(H,22,24)/t17-/m0/s1. The Bertz CT molecular complexity index is 764. The molecule has 3 rings (SSSR count). The highest BCUT2D eigenvalue weighted by Gasteiger charge is 2.20. The van der Waals surface area contributed by atoms with Crippen molar-refractivity contribution in [1.29, 1.82) is 0 Å². The number of nitrogens with one attached hydrogen (secondary N) is 2. The summed E-state index contributed by atoms with van der Waals surface area (Å²) in [5.74, 6) is 0.847. The molecule has 1 aromatic carbocycles. The average molecular weight is 323 g/mol. The Morgan fingerprint density at radius 3 is 2.83 bits per heavy atom. The highest BCUT2D eigenvalue weighted by Crippen LogP contribution is 2.20. The number of hydrogen-bond acceptors (Lipinski definition) is 3. The number of nitrogens with zero attached hydrogens (tertiary/aromatic N) is 3. The van der Waals surface area contributed by atoms with E-state index < -0.39 is 0 Å². The number of benzene rings is 1. The van der Waals surface area contributed by atoms with Gasteiger partial charge in [0.1, 0.15) is 11.9 Å². The maximum atomic E-state index is 12.4. The van der Waals surface area contributed by atoms with Crippen molar-refractivity contribution in [2.24, 2.45) is 7.05 Å². The molecule has 2 heterocycles. The molecule has 0 unspecified atom stereocenters. The zero-order valence-electron chi connectivity index (χ0n) is 13.6. The fraction of sp³-hybridized carbons (Fsp3) is 0.278. The predicted molar refractivity (Wildman–Crippen MR) is 91.2 cm³/mol. The van der Waals surface area contributed by atoms with Crippen LogP contribution >= 0.6 is 0 Å². The number of aromatic amines is 1. The summed E-state index contributed by atoms with van der Waals surface area (Å²) in [5.41, 5.74) is 2.14. The SMILES string of the molecule is Cn1ccnc1[C@@H](NC(=O)CCCc1cn[nH]c1)c1ccccc1. The Morgan fingerprint density at radius 2 is 2.17 bits per heavy atom. The number of amides is 1. The van der Waals surface area contributed by atoms with E-state index in [2.05, 4.69) is 20.5 Å². The summed E-state index contributed by atoms with van der Waals surface area (Å²) in [6.45, 7) is 0. The molecule has 0 bridgehead atoms. The number of hydrogen-bond donors (Lipinski definition) is 2. The van der Waals surface area contributed by atoms with Gasteiger partial charge in [0.05, 0.1) is 6.20 Å². The van der Waals surface area contributed by atoms with Crippen molar-refractivity contribution < 1.29 is 4.79 Å². The van der Waals surface area contributed by atoms with E-state index in [1.54, 1.807) is 12.4 Å². The van der Waals surface area contributed by atoms with Gasteiger partial charge in [-0.05, 0) is 24.0 Å². The second kappa shape index (κ2) is 7.59. The van der Waals surface area contributed by atoms with E-state index in [-0.39, 0.29) is 11.9 Å². The molecule has 0 fully saturated rings. The summed E-state index contributed by atoms with van der Waals surface area (Å²) in [7, 11) is 1.93. The molecule has 1 amide bonds. The van der Waals surface area contributed by atoms with Crippen molar-refractivity contribution in [3.63, 3.8) is 0 Å². The van der Waals surface area contributed by atoms with Crippen LogP contribution in [-0.2, 0) is 18.3 Å². The quantitative estimate of drug-likeness (QED) is 0.701. The largest absolute Gasteiger partial charge is 0.342 e. The number of aryl methyl sites for hydroxylation is 2. The lowest BCUT2D eigenvalue weighted by Crippen LogP contribution is -2.31. The Labute approximate surface area is 140 Å². The van der Waals surface area contributed by atoms with E-state index in [1.165, 1.54) is 0 Å². The summed E-state index contributed by atoms with van der Waals surface area (Å²) >= 11 is 0. The average Bonchev–Trinajstić information content (AvgIpc) is 3.25. The van der Waals surface area contributed by atoms with Crippen LogP contribution in [0.3, 0.4) is 0 Å². The van der Waals surface area contributed by atoms with Crippen molar-refractivity contribution in [3.05, 3.63) is 72.1 Å². The molecule has 6 heteroatoms. The number of carbonyl (C=O) groups excluding carboxylic acids is 1. The zero-order valence-corrected chi connectivity index (χ0v) is 13.6. The first-order valence-electron chi connectivity index (χ1n) is 8.03. The molecule has 24 heavy (non-hydrogen) atoms. The van der Waals surface area contributed by atoms with Gasteiger partial charge in [0, 0.05) is 32.1 Å². The van der Waals surface area contributed by atoms with Crippen LogP contribution in [0.5, 0.6) is 0 Å². The fourth-order valence-electron chi connectivity index (χ4n) is 2.70. The molecule has 3 aromatic rings. The first kappa shape index (κ1) is 16.0. The van der Waals surface area contributed by atoms with Gasteiger partial charge in [0.25, 0.3) is 0 Å². The van der Waals surface area contributed by atoms with Gasteiger partial charge in [-0.15, -0.1) is 0 Å². The van der Waals surface area contributed by atoms with Crippen molar-refractivity contribution in [2.45, 2.75) is 25.3 Å². The minimum Gasteiger partial charge on any atom is -0.342 e. The molecule has 0 aliphatic rings. The van der Waals surface area contributed by atoms with Gasteiger partial charge in [-0.3, -0.25) is 9.89 Å². The summed E-state index contributed by atoms with van der Waals surface area (Å²) in [4.78, 5) is 16.8. The third-order valence-corrected chi connectivity index (χ3v) is 3.98. The first-order chi connectivity index (χ1) is 11.7. The molecule has 0 spiro atoms. The number of aromatic nitrogens is 4. The van der Waals surface area contributed by atoms with Gasteiger partial charge in [0.15, 0.2) is 0 Å². The molecule has 0 radical (unpaired) electrons. The Balaban J connectivity index is 1.65. The van der Waals surface area contributed by atoms with E-state index in [0.717, 1.165) is 29.8 Å². The topological polar surface area (TPSA) is 75.6 Å². The fourth-order valence-corrected chi connectivity index (χ4v) is 2.70. The summed E-state index contributed by atoms with van der Waals surface area (Å²) in [6.07, 6.45) is 9.37. The normalized spacial score (nSPS) is 12.0. The highest BCUT2D eigenvalue weighted by atomic mass is 16.1. The predicted octanol–water partition coefficient (Wildman–Crippen LogP) is 2.37. The van der Waals surface area contributed by atoms with Gasteiger partial charge in [-0.2, -0.15) is 5.10 Å². The van der Waals surface area contributed by atoms with Crippen LogP contribution in [0.2, 0.25) is 0 Å². The van der Waals surface area contributed by atoms with Crippen LogP contribution in [0, 0.1) is 0 Å². The summed E-state index contributed by atoms with van der Waals surface area (Å²) < 4.78 is 1.93. The molecule has 1 atom stereocenters. The second-order valence-corrected chi connectivity index (χ2v) is 5.77. The Morgan fingerprint density at radius 1 is 1.33 bits per heavy atom. The van der Waals surface area contributed by atoms with Gasteiger partial charge in [-0.1, -0.05) is 30.3 Å². The molecule has 2 N–H and O–H groups in total. The third-order valence-electron chi connectivity index (χ3n) is 3.98. The number of rotatable bonds is 7. The van der Waals surface area contributed by atoms with E-state index in [0.29, 0.717) is 6.42 Å². The smallest absolute Gasteiger partial charge is 0.220 e. The number of H-pyrrole nitrogens is 1. The second-order valence-electron chi connectivity index (χ2n) is 5.77. The first-order valence-corrected chi connectivity index (χ1v) is 8.03. The number of carbonyl (C=O) groups is 1. The van der Waals surface area contributed by atoms with Gasteiger partial charge < -0.3 is 9.88 Å².